The molecule has 3 aromatic carbocycles. The molecule has 396 valence electrons. The van der Waals surface area contributed by atoms with E-state index in [1.807, 2.05) is 46.9 Å². The number of phenols is 1. The number of H-pyrrole nitrogens is 1. The minimum Gasteiger partial charge on any atom is -0.507 e. The summed E-state index contributed by atoms with van der Waals surface area (Å²) < 4.78 is 0.453. The molecule has 21 nitrogen and oxygen atoms in total. The first-order valence-corrected chi connectivity index (χ1v) is 27.3. The van der Waals surface area contributed by atoms with Crippen molar-refractivity contribution in [2.75, 3.05) is 24.7 Å². The van der Waals surface area contributed by atoms with Crippen LogP contribution in [0.5, 0.6) is 5.75 Å². The van der Waals surface area contributed by atoms with E-state index in [2.05, 4.69) is 42.2 Å². The lowest BCUT2D eigenvalue weighted by Crippen LogP contribution is -2.62. The van der Waals surface area contributed by atoms with Crippen LogP contribution >= 0.6 is 44.2 Å². The number of aliphatic hydroxyl groups excluding tert-OH is 3. The maximum atomic E-state index is 14.8. The molecule has 0 aliphatic carbocycles. The number of amides is 7. The van der Waals surface area contributed by atoms with E-state index in [1.54, 1.807) is 48.7 Å². The number of aromatic nitrogens is 1. The van der Waals surface area contributed by atoms with E-state index >= 15 is 0 Å². The predicted molar refractivity (Wildman–Crippen MR) is 286 cm³/mol. The highest BCUT2D eigenvalue weighted by atomic mass is 125. The summed E-state index contributed by atoms with van der Waals surface area (Å²) in [6.07, 6.45) is -0.438. The normalized spacial score (nSPS) is 22.5. The summed E-state index contributed by atoms with van der Waals surface area (Å²) in [7, 11) is 2.01. The van der Waals surface area contributed by atoms with Crippen molar-refractivity contribution in [1.29, 1.82) is 0 Å². The van der Waals surface area contributed by atoms with Gasteiger partial charge in [0.05, 0.1) is 34.5 Å². The number of fused-ring (bicyclic) bond motifs is 1. The number of nitrogens with two attached hydrogens (primary N) is 2. The highest BCUT2D eigenvalue weighted by Gasteiger charge is 2.36. The number of benzene rings is 3. The number of rotatable bonds is 17. The first-order valence-electron chi connectivity index (χ1n) is 23.7. The molecular weight excluding hydrogens is 1090 g/mol. The van der Waals surface area contributed by atoms with Crippen molar-refractivity contribution in [1.82, 2.24) is 42.2 Å². The molecule has 0 saturated carbocycles. The van der Waals surface area contributed by atoms with Crippen molar-refractivity contribution >= 4 is 96.4 Å². The van der Waals surface area contributed by atoms with Gasteiger partial charge in [0.2, 0.25) is 41.4 Å². The number of carbonyl (C=O) groups excluding carboxylic acids is 7. The molecule has 0 bridgehead atoms. The summed E-state index contributed by atoms with van der Waals surface area (Å²) in [5, 5.41) is 60.8. The maximum Gasteiger partial charge on any atom is 0.245 e. The number of hydrogen-bond donors (Lipinski definition) is 14. The summed E-state index contributed by atoms with van der Waals surface area (Å²) in [6.45, 7) is 2.18. The van der Waals surface area contributed by atoms with Crippen LogP contribution in [0.15, 0.2) is 79.0 Å². The fourth-order valence-corrected chi connectivity index (χ4v) is 10.7. The molecular formula is C49H65IN10O11S2. The summed E-state index contributed by atoms with van der Waals surface area (Å²) in [6, 6.07) is 9.96. The Kier molecular flexibility index (Phi) is 23.1. The molecule has 5 rings (SSSR count). The van der Waals surface area contributed by atoms with Crippen LogP contribution in [0.2, 0.25) is 0 Å². The first-order chi connectivity index (χ1) is 34.9. The van der Waals surface area contributed by atoms with Gasteiger partial charge in [-0.1, -0.05) is 76.2 Å². The summed E-state index contributed by atoms with van der Waals surface area (Å²) in [5.41, 5.74) is 14.8. The third-order valence-electron chi connectivity index (χ3n) is 12.0. The third kappa shape index (κ3) is 17.6. The SMILES string of the molecule is C[C@H](O)[C@@H](CO)NC(=O)[C@@H]1CSSC[C@H](NC(=O)[C@H](N)Cc2ccccc2)C(=O)N[C@@H](Cc2ccc(O)c([125I])c2)C(=O)N[C@H](Cc2c[nH]c3ccccc23)C(=O)N[C@@H](CCCCN)C(=O)N[C@@H]([C@@H](C)O)C(=O)N1. The Morgan fingerprint density at radius 2 is 1.42 bits per heavy atom. The van der Waals surface area contributed by atoms with Gasteiger partial charge in [-0.15, -0.1) is 0 Å². The predicted octanol–water partition coefficient (Wildman–Crippen LogP) is -0.495. The number of hydrogen-bond acceptors (Lipinski definition) is 15. The molecule has 2 heterocycles. The van der Waals surface area contributed by atoms with Gasteiger partial charge in [0.15, 0.2) is 0 Å². The van der Waals surface area contributed by atoms with Crippen LogP contribution in [-0.4, -0.2) is 152 Å². The average molecular weight is 1160 g/mol. The molecule has 16 N–H and O–H groups in total. The van der Waals surface area contributed by atoms with Gasteiger partial charge in [-0.2, -0.15) is 0 Å². The molecule has 0 spiro atoms. The van der Waals surface area contributed by atoms with Crippen molar-refractivity contribution in [3.8, 4) is 5.75 Å². The van der Waals surface area contributed by atoms with Crippen LogP contribution in [0, 0.1) is 3.57 Å². The van der Waals surface area contributed by atoms with E-state index in [0.29, 0.717) is 27.5 Å². The number of aromatic amines is 1. The van der Waals surface area contributed by atoms with Crippen molar-refractivity contribution in [2.45, 2.75) is 113 Å². The monoisotopic (exact) mass is 1160 g/mol. The Hall–Kier alpha value is -5.48. The van der Waals surface area contributed by atoms with E-state index in [4.69, 9.17) is 11.5 Å². The van der Waals surface area contributed by atoms with E-state index in [-0.39, 0.29) is 49.5 Å². The summed E-state index contributed by atoms with van der Waals surface area (Å²) >= 11 is 1.92. The van der Waals surface area contributed by atoms with Crippen LogP contribution in [0.4, 0.5) is 0 Å². The molecule has 1 aromatic heterocycles. The van der Waals surface area contributed by atoms with Gasteiger partial charge < -0.3 is 74.1 Å². The standard InChI is InChI=1S/C49H65IN10O11S2/c1-26(62)38(23-61)57-48(70)40-25-73-72-24-39(58-43(65)33(52)19-28-10-4-3-5-11-28)47(69)55-36(20-29-15-16-41(64)32(50)18-29)45(67)56-37(21-30-22-53-34-13-7-6-12-31(30)34)46(68)54-35(14-8-9-17-51)44(66)60-42(27(2)63)49(71)59-40/h3-7,10-13,15-16,18,22,26-27,33,35-40,42,53,61-64H,8-9,14,17,19-21,23-25,51-52H2,1-2H3,(H,54,68)(H,55,69)(H,56,67)(H,57,70)(H,58,65)(H,59,71)(H,60,66)/t26-,27+,33+,35-,36-,37+,38+,39-,40-,42-/m0/s1/i50-2. The van der Waals surface area contributed by atoms with Crippen LogP contribution < -0.4 is 48.7 Å². The van der Waals surface area contributed by atoms with Gasteiger partial charge >= 0.3 is 0 Å². The van der Waals surface area contributed by atoms with Crippen molar-refractivity contribution in [3.63, 3.8) is 0 Å². The smallest absolute Gasteiger partial charge is 0.245 e. The third-order valence-corrected chi connectivity index (χ3v) is 15.3. The lowest BCUT2D eigenvalue weighted by molar-refractivity contribution is -0.136. The second-order valence-electron chi connectivity index (χ2n) is 17.8. The fourth-order valence-electron chi connectivity index (χ4n) is 7.79. The van der Waals surface area contributed by atoms with E-state index in [0.717, 1.165) is 38.1 Å². The Morgan fingerprint density at radius 1 is 0.781 bits per heavy atom. The van der Waals surface area contributed by atoms with Crippen LogP contribution in [0.3, 0.4) is 0 Å². The zero-order valence-electron chi connectivity index (χ0n) is 40.3. The van der Waals surface area contributed by atoms with E-state index in [9.17, 15) is 54.0 Å². The lowest BCUT2D eigenvalue weighted by atomic mass is 10.0. The minimum atomic E-state index is -1.68. The molecule has 1 fully saturated rings. The van der Waals surface area contributed by atoms with Crippen molar-refractivity contribution in [2.24, 2.45) is 11.5 Å². The molecule has 10 atom stereocenters. The Balaban J connectivity index is 1.59. The van der Waals surface area contributed by atoms with Crippen molar-refractivity contribution in [3.05, 3.63) is 99.3 Å². The summed E-state index contributed by atoms with van der Waals surface area (Å²) in [5.74, 6) is -6.31. The molecule has 0 unspecified atom stereocenters. The Bertz CT molecular complexity index is 2520. The molecule has 1 saturated heterocycles. The van der Waals surface area contributed by atoms with Gasteiger partial charge in [0.25, 0.3) is 0 Å². The number of aliphatic hydroxyl groups is 3. The average Bonchev–Trinajstić information content (AvgIpc) is 3.77. The van der Waals surface area contributed by atoms with Crippen LogP contribution in [-0.2, 0) is 52.8 Å². The van der Waals surface area contributed by atoms with Gasteiger partial charge in [-0.05, 0) is 104 Å². The number of nitrogens with one attached hydrogen (secondary N) is 8. The molecule has 1 aliphatic heterocycles. The van der Waals surface area contributed by atoms with Crippen LogP contribution in [0.1, 0.15) is 49.8 Å². The highest BCUT2D eigenvalue weighted by molar-refractivity contribution is 14.1. The maximum absolute atomic E-state index is 14.8. The van der Waals surface area contributed by atoms with Crippen molar-refractivity contribution < 1.29 is 54.0 Å². The number of halogens is 1. The topological polar surface area (TPSA) is 352 Å². The fraction of sp³-hybridized carbons (Fsp3) is 0.449. The number of carbonyl (C=O) groups is 7. The van der Waals surface area contributed by atoms with E-state index in [1.165, 1.54) is 19.9 Å². The zero-order valence-corrected chi connectivity index (χ0v) is 44.1. The molecule has 24 heteroatoms. The molecule has 0 radical (unpaired) electrons. The highest BCUT2D eigenvalue weighted by Crippen LogP contribution is 2.25. The van der Waals surface area contributed by atoms with E-state index < -0.39 is 108 Å². The number of phenolic OH excluding ortho intramolecular Hbond substituents is 1. The Labute approximate surface area is 444 Å². The number of unbranched alkanes of at least 4 members (excludes halogenated alkanes) is 1. The molecule has 1 aliphatic rings. The Morgan fingerprint density at radius 3 is 2.10 bits per heavy atom. The van der Waals surface area contributed by atoms with Gasteiger partial charge in [-0.25, -0.2) is 0 Å². The second kappa shape index (κ2) is 28.8. The minimum absolute atomic E-state index is 0.0117. The van der Waals surface area contributed by atoms with Gasteiger partial charge in [0, 0.05) is 41.4 Å². The quantitative estimate of drug-likeness (QED) is 0.0360. The first kappa shape index (κ1) is 58.4. The lowest BCUT2D eigenvalue weighted by Gasteiger charge is -2.29. The molecule has 7 amide bonds. The summed E-state index contributed by atoms with van der Waals surface area (Å²) in [4.78, 5) is 103. The number of para-hydroxylation sites is 1. The van der Waals surface area contributed by atoms with Gasteiger partial charge in [-0.3, -0.25) is 33.6 Å². The number of aromatic hydroxyl groups is 1. The zero-order chi connectivity index (χ0) is 53.2. The molecule has 73 heavy (non-hydrogen) atoms. The molecule has 4 aromatic rings. The van der Waals surface area contributed by atoms with Gasteiger partial charge in [0.1, 0.15) is 42.0 Å². The van der Waals surface area contributed by atoms with Crippen LogP contribution in [0.25, 0.3) is 10.9 Å². The second-order valence-corrected chi connectivity index (χ2v) is 21.5. The largest absolute Gasteiger partial charge is 0.507 e.